The van der Waals surface area contributed by atoms with Crippen LogP contribution in [0.4, 0.5) is 0 Å². The summed E-state index contributed by atoms with van der Waals surface area (Å²) in [6.45, 7) is 7.37. The number of hydrogen-bond donors (Lipinski definition) is 0. The highest BCUT2D eigenvalue weighted by Crippen LogP contribution is 2.12. The fourth-order valence-corrected chi connectivity index (χ4v) is 1.34. The van der Waals surface area contributed by atoms with Gasteiger partial charge in [-0.25, -0.2) is 0 Å². The van der Waals surface area contributed by atoms with Crippen molar-refractivity contribution < 1.29 is 4.39 Å². The molecule has 0 saturated heterocycles. The standard InChI is InChI=1S/C10H21BN/c1-5-8-10(9-6-2)12(4,11)7-3/h5,8,10H,6-7,9H2,1-4H3/q+1. The minimum absolute atomic E-state index is 0.477. The van der Waals surface area contributed by atoms with E-state index in [9.17, 15) is 0 Å². The van der Waals surface area contributed by atoms with Gasteiger partial charge in [0.05, 0.1) is 12.6 Å². The smallest absolute Gasteiger partial charge is 0.394 e. The average molecular weight is 166 g/mol. The lowest BCUT2D eigenvalue weighted by Crippen LogP contribution is -2.49. The van der Waals surface area contributed by atoms with E-state index < -0.39 is 0 Å². The first kappa shape index (κ1) is 11.8. The molecule has 0 aromatic heterocycles. The summed E-state index contributed by atoms with van der Waals surface area (Å²) < 4.78 is 0.609. The number of likely N-dealkylation sites (N-methyl/N-ethyl adjacent to an activating group) is 1. The SMILES string of the molecule is [B][N+](C)(CC)C(C=CC)CCC. The Hall–Kier alpha value is -0.235. The molecule has 0 aromatic rings. The lowest BCUT2D eigenvalue weighted by atomic mass is 10.0. The summed E-state index contributed by atoms with van der Waals surface area (Å²) in [5.41, 5.74) is 0. The van der Waals surface area contributed by atoms with Gasteiger partial charge < -0.3 is 4.39 Å². The molecule has 12 heavy (non-hydrogen) atoms. The van der Waals surface area contributed by atoms with E-state index >= 15 is 0 Å². The topological polar surface area (TPSA) is 0 Å². The number of quaternary nitrogens is 1. The fourth-order valence-electron chi connectivity index (χ4n) is 1.34. The van der Waals surface area contributed by atoms with Crippen LogP contribution in [0.3, 0.4) is 0 Å². The Bertz CT molecular complexity index is 141. The van der Waals surface area contributed by atoms with Crippen LogP contribution in [0.5, 0.6) is 0 Å². The fraction of sp³-hybridized carbons (Fsp3) is 0.800. The van der Waals surface area contributed by atoms with Gasteiger partial charge in [-0.15, -0.1) is 0 Å². The number of nitrogens with zero attached hydrogens (tertiary/aromatic N) is 1. The van der Waals surface area contributed by atoms with Crippen molar-refractivity contribution in [2.75, 3.05) is 13.6 Å². The van der Waals surface area contributed by atoms with Crippen LogP contribution in [-0.2, 0) is 0 Å². The molecule has 2 unspecified atom stereocenters. The van der Waals surface area contributed by atoms with Gasteiger partial charge in [-0.3, -0.25) is 0 Å². The summed E-state index contributed by atoms with van der Waals surface area (Å²) in [4.78, 5) is 0. The first-order valence-electron chi connectivity index (χ1n) is 4.85. The summed E-state index contributed by atoms with van der Waals surface area (Å²) in [5, 5.41) is 0. The van der Waals surface area contributed by atoms with Crippen molar-refractivity contribution in [1.82, 2.24) is 0 Å². The maximum atomic E-state index is 6.12. The lowest BCUT2D eigenvalue weighted by Gasteiger charge is -2.36. The highest BCUT2D eigenvalue weighted by atomic mass is 15.3. The first-order chi connectivity index (χ1) is 5.58. The van der Waals surface area contributed by atoms with E-state index in [1.54, 1.807) is 0 Å². The van der Waals surface area contributed by atoms with Crippen molar-refractivity contribution in [3.8, 4) is 0 Å². The van der Waals surface area contributed by atoms with Crippen molar-refractivity contribution in [3.63, 3.8) is 0 Å². The van der Waals surface area contributed by atoms with Crippen LogP contribution in [-0.4, -0.2) is 32.0 Å². The zero-order valence-electron chi connectivity index (χ0n) is 8.88. The molecule has 0 aromatic carbocycles. The molecule has 0 bridgehead atoms. The maximum Gasteiger partial charge on any atom is 0.481 e. The molecule has 2 radical (unpaired) electrons. The van der Waals surface area contributed by atoms with Gasteiger partial charge >= 0.3 is 7.98 Å². The molecule has 0 fully saturated rings. The molecule has 0 spiro atoms. The van der Waals surface area contributed by atoms with Crippen molar-refractivity contribution in [1.29, 1.82) is 0 Å². The molecule has 2 heteroatoms. The van der Waals surface area contributed by atoms with Crippen molar-refractivity contribution in [2.45, 2.75) is 39.7 Å². The third kappa shape index (κ3) is 3.44. The van der Waals surface area contributed by atoms with Gasteiger partial charge in [-0.05, 0) is 19.9 Å². The predicted molar refractivity (Wildman–Crippen MR) is 56.0 cm³/mol. The van der Waals surface area contributed by atoms with E-state index in [1.165, 1.54) is 12.8 Å². The second-order valence-corrected chi connectivity index (χ2v) is 3.54. The van der Waals surface area contributed by atoms with Gasteiger partial charge in [0.1, 0.15) is 0 Å². The van der Waals surface area contributed by atoms with Crippen LogP contribution >= 0.6 is 0 Å². The normalized spacial score (nSPS) is 19.3. The van der Waals surface area contributed by atoms with Gasteiger partial charge in [0.25, 0.3) is 0 Å². The van der Waals surface area contributed by atoms with E-state index in [1.807, 2.05) is 0 Å². The maximum absolute atomic E-state index is 6.12. The Kier molecular flexibility index (Phi) is 5.31. The molecule has 0 heterocycles. The molecule has 0 rings (SSSR count). The summed E-state index contributed by atoms with van der Waals surface area (Å²) in [6.07, 6.45) is 6.68. The van der Waals surface area contributed by atoms with Gasteiger partial charge in [-0.2, -0.15) is 0 Å². The van der Waals surface area contributed by atoms with Gasteiger partial charge in [0.2, 0.25) is 0 Å². The second kappa shape index (κ2) is 5.42. The van der Waals surface area contributed by atoms with Crippen LogP contribution in [0, 0.1) is 0 Å². The van der Waals surface area contributed by atoms with Crippen molar-refractivity contribution in [3.05, 3.63) is 12.2 Å². The predicted octanol–water partition coefficient (Wildman–Crippen LogP) is 2.28. The summed E-state index contributed by atoms with van der Waals surface area (Å²) >= 11 is 0. The Balaban J connectivity index is 4.27. The molecule has 0 N–H and O–H groups in total. The van der Waals surface area contributed by atoms with Gasteiger partial charge in [0.15, 0.2) is 0 Å². The van der Waals surface area contributed by atoms with Crippen molar-refractivity contribution >= 4 is 7.98 Å². The van der Waals surface area contributed by atoms with Crippen LogP contribution < -0.4 is 0 Å². The minimum Gasteiger partial charge on any atom is -0.394 e. The van der Waals surface area contributed by atoms with E-state index in [0.717, 1.165) is 6.54 Å². The Morgan fingerprint density at radius 1 is 1.42 bits per heavy atom. The molecule has 1 nitrogen and oxygen atoms in total. The van der Waals surface area contributed by atoms with Crippen molar-refractivity contribution in [2.24, 2.45) is 0 Å². The lowest BCUT2D eigenvalue weighted by molar-refractivity contribution is -0.814. The summed E-state index contributed by atoms with van der Waals surface area (Å²) in [5.74, 6) is 0. The van der Waals surface area contributed by atoms with Crippen LogP contribution in [0.2, 0.25) is 0 Å². The molecule has 0 amide bonds. The third-order valence-electron chi connectivity index (χ3n) is 2.44. The minimum atomic E-state index is 0.477. The Morgan fingerprint density at radius 3 is 2.33 bits per heavy atom. The molecule has 0 saturated carbocycles. The molecule has 68 valence electrons. The number of hydrogen-bond acceptors (Lipinski definition) is 0. The van der Waals surface area contributed by atoms with Crippen LogP contribution in [0.25, 0.3) is 0 Å². The summed E-state index contributed by atoms with van der Waals surface area (Å²) in [6, 6.07) is 0.477. The van der Waals surface area contributed by atoms with E-state index in [4.69, 9.17) is 7.98 Å². The van der Waals surface area contributed by atoms with Crippen LogP contribution in [0.1, 0.15) is 33.6 Å². The quantitative estimate of drug-likeness (QED) is 0.434. The molecule has 0 aliphatic carbocycles. The first-order valence-corrected chi connectivity index (χ1v) is 4.85. The largest absolute Gasteiger partial charge is 0.481 e. The van der Waals surface area contributed by atoms with Gasteiger partial charge in [0, 0.05) is 13.5 Å². The number of rotatable bonds is 5. The summed E-state index contributed by atoms with van der Waals surface area (Å²) in [7, 11) is 8.20. The monoisotopic (exact) mass is 166 g/mol. The second-order valence-electron chi connectivity index (χ2n) is 3.54. The highest BCUT2D eigenvalue weighted by Gasteiger charge is 2.22. The van der Waals surface area contributed by atoms with E-state index in [0.29, 0.717) is 10.4 Å². The zero-order chi connectivity index (χ0) is 9.61. The molecule has 2 atom stereocenters. The Labute approximate surface area is 78.5 Å². The third-order valence-corrected chi connectivity index (χ3v) is 2.44. The van der Waals surface area contributed by atoms with E-state index in [2.05, 4.69) is 40.0 Å². The Morgan fingerprint density at radius 2 is 2.00 bits per heavy atom. The van der Waals surface area contributed by atoms with Gasteiger partial charge in [-0.1, -0.05) is 19.4 Å². The zero-order valence-corrected chi connectivity index (χ0v) is 8.88. The molecular formula is C10H21BN+. The molecule has 0 aliphatic heterocycles. The molecular weight excluding hydrogens is 145 g/mol. The number of allylic oxidation sites excluding steroid dienone is 1. The van der Waals surface area contributed by atoms with E-state index in [-0.39, 0.29) is 0 Å². The highest BCUT2D eigenvalue weighted by molar-refractivity contribution is 5.97. The van der Waals surface area contributed by atoms with Crippen LogP contribution in [0.15, 0.2) is 12.2 Å². The molecule has 0 aliphatic rings. The average Bonchev–Trinajstić information content (AvgIpc) is 2.04.